The third-order valence-electron chi connectivity index (χ3n) is 6.63. The van der Waals surface area contributed by atoms with Crippen molar-refractivity contribution in [3.63, 3.8) is 0 Å². The van der Waals surface area contributed by atoms with Crippen molar-refractivity contribution in [1.82, 2.24) is 4.90 Å². The van der Waals surface area contributed by atoms with Crippen molar-refractivity contribution in [2.75, 3.05) is 35.2 Å². The summed E-state index contributed by atoms with van der Waals surface area (Å²) < 4.78 is 0. The van der Waals surface area contributed by atoms with Gasteiger partial charge < -0.3 is 20.4 Å². The van der Waals surface area contributed by atoms with Gasteiger partial charge in [-0.2, -0.15) is 0 Å². The molecule has 0 aromatic heterocycles. The molecule has 0 aliphatic carbocycles. The summed E-state index contributed by atoms with van der Waals surface area (Å²) in [5.41, 5.74) is 6.66. The average molecular weight is 455 g/mol. The standard InChI is InChI=1S/C28H30N4O2/c1-20-7-6-10-23(17-20)29-28(34)30-24-11-12-26(25(18-24)27(33)31-14-4-5-15-31)32-16-13-21-8-2-3-9-22(21)19-32/h2-3,6-12,17-18H,4-5,13-16,19H2,1H3,(H2,29,30,34). The normalized spacial score (nSPS) is 15.1. The van der Waals surface area contributed by atoms with Gasteiger partial charge in [0.05, 0.1) is 5.56 Å². The minimum absolute atomic E-state index is 0.0362. The van der Waals surface area contributed by atoms with Gasteiger partial charge in [0.1, 0.15) is 0 Å². The molecule has 0 saturated carbocycles. The third kappa shape index (κ3) is 4.76. The summed E-state index contributed by atoms with van der Waals surface area (Å²) in [6.07, 6.45) is 3.02. The van der Waals surface area contributed by atoms with E-state index in [1.54, 1.807) is 0 Å². The van der Waals surface area contributed by atoms with Crippen LogP contribution in [0.1, 0.15) is 39.9 Å². The molecular formula is C28H30N4O2. The van der Waals surface area contributed by atoms with Gasteiger partial charge in [-0.25, -0.2) is 4.79 Å². The molecule has 1 saturated heterocycles. The molecule has 2 aliphatic heterocycles. The lowest BCUT2D eigenvalue weighted by atomic mass is 9.98. The Hall–Kier alpha value is -3.80. The van der Waals surface area contributed by atoms with Gasteiger partial charge in [0, 0.05) is 43.2 Å². The number of urea groups is 1. The number of carbonyl (C=O) groups is 2. The number of benzene rings is 3. The summed E-state index contributed by atoms with van der Waals surface area (Å²) in [6.45, 7) is 5.19. The van der Waals surface area contributed by atoms with Crippen LogP contribution >= 0.6 is 0 Å². The van der Waals surface area contributed by atoms with E-state index in [1.165, 1.54) is 11.1 Å². The number of aryl methyl sites for hydroxylation is 1. The lowest BCUT2D eigenvalue weighted by Crippen LogP contribution is -2.34. The van der Waals surface area contributed by atoms with Crippen LogP contribution in [-0.4, -0.2) is 36.5 Å². The number of anilines is 3. The van der Waals surface area contributed by atoms with E-state index in [-0.39, 0.29) is 11.9 Å². The first kappa shape index (κ1) is 22.0. The molecule has 0 unspecified atom stereocenters. The van der Waals surface area contributed by atoms with Crippen LogP contribution in [0.25, 0.3) is 0 Å². The molecule has 3 aromatic carbocycles. The summed E-state index contributed by atoms with van der Waals surface area (Å²) in [4.78, 5) is 30.3. The van der Waals surface area contributed by atoms with Crippen LogP contribution in [0.4, 0.5) is 21.9 Å². The van der Waals surface area contributed by atoms with Gasteiger partial charge in [-0.3, -0.25) is 4.79 Å². The summed E-state index contributed by atoms with van der Waals surface area (Å²) in [6, 6.07) is 21.5. The largest absolute Gasteiger partial charge is 0.366 e. The molecule has 0 atom stereocenters. The highest BCUT2D eigenvalue weighted by Crippen LogP contribution is 2.31. The first-order chi connectivity index (χ1) is 16.6. The van der Waals surface area contributed by atoms with Crippen molar-refractivity contribution in [1.29, 1.82) is 0 Å². The summed E-state index contributed by atoms with van der Waals surface area (Å²) in [5, 5.41) is 5.77. The average Bonchev–Trinajstić information content (AvgIpc) is 3.38. The SMILES string of the molecule is Cc1cccc(NC(=O)Nc2ccc(N3CCc4ccccc4C3)c(C(=O)N3CCCC3)c2)c1. The fraction of sp³-hybridized carbons (Fsp3) is 0.286. The van der Waals surface area contributed by atoms with Crippen LogP contribution < -0.4 is 15.5 Å². The monoisotopic (exact) mass is 454 g/mol. The Balaban J connectivity index is 1.40. The first-order valence-corrected chi connectivity index (χ1v) is 12.0. The zero-order chi connectivity index (χ0) is 23.5. The molecule has 6 heteroatoms. The Morgan fingerprint density at radius 1 is 0.794 bits per heavy atom. The van der Waals surface area contributed by atoms with Crippen LogP contribution in [0.2, 0.25) is 0 Å². The second-order valence-corrected chi connectivity index (χ2v) is 9.12. The lowest BCUT2D eigenvalue weighted by Gasteiger charge is -2.33. The predicted molar refractivity (Wildman–Crippen MR) is 137 cm³/mol. The Bertz CT molecular complexity index is 1220. The Morgan fingerprint density at radius 3 is 2.29 bits per heavy atom. The molecule has 5 rings (SSSR count). The van der Waals surface area contributed by atoms with Gasteiger partial charge in [-0.1, -0.05) is 36.4 Å². The van der Waals surface area contributed by atoms with Gasteiger partial charge in [0.25, 0.3) is 5.91 Å². The van der Waals surface area contributed by atoms with Crippen LogP contribution in [-0.2, 0) is 13.0 Å². The van der Waals surface area contributed by atoms with E-state index in [0.29, 0.717) is 11.3 Å². The van der Waals surface area contributed by atoms with E-state index < -0.39 is 0 Å². The molecule has 1 fully saturated rings. The quantitative estimate of drug-likeness (QED) is 0.552. The Kier molecular flexibility index (Phi) is 6.21. The Morgan fingerprint density at radius 2 is 1.53 bits per heavy atom. The highest BCUT2D eigenvalue weighted by Gasteiger charge is 2.26. The number of hydrogen-bond acceptors (Lipinski definition) is 3. The number of rotatable bonds is 4. The highest BCUT2D eigenvalue weighted by molar-refractivity contribution is 6.04. The first-order valence-electron chi connectivity index (χ1n) is 12.0. The maximum atomic E-state index is 13.5. The van der Waals surface area contributed by atoms with Crippen LogP contribution in [0.5, 0.6) is 0 Å². The van der Waals surface area contributed by atoms with Crippen molar-refractivity contribution in [3.05, 3.63) is 89.0 Å². The van der Waals surface area contributed by atoms with Crippen LogP contribution in [0.3, 0.4) is 0 Å². The second kappa shape index (κ2) is 9.59. The molecule has 174 valence electrons. The maximum Gasteiger partial charge on any atom is 0.323 e. The number of hydrogen-bond donors (Lipinski definition) is 2. The number of fused-ring (bicyclic) bond motifs is 1. The molecule has 2 N–H and O–H groups in total. The van der Waals surface area contributed by atoms with Crippen molar-refractivity contribution >= 4 is 29.0 Å². The fourth-order valence-corrected chi connectivity index (χ4v) is 4.87. The van der Waals surface area contributed by atoms with Crippen molar-refractivity contribution in [2.24, 2.45) is 0 Å². The van der Waals surface area contributed by atoms with E-state index in [4.69, 9.17) is 0 Å². The van der Waals surface area contributed by atoms with E-state index in [0.717, 1.165) is 62.4 Å². The fourth-order valence-electron chi connectivity index (χ4n) is 4.87. The zero-order valence-electron chi connectivity index (χ0n) is 19.5. The van der Waals surface area contributed by atoms with E-state index in [9.17, 15) is 9.59 Å². The number of nitrogens with one attached hydrogen (secondary N) is 2. The molecule has 2 heterocycles. The van der Waals surface area contributed by atoms with E-state index in [2.05, 4.69) is 39.8 Å². The molecule has 6 nitrogen and oxygen atoms in total. The van der Waals surface area contributed by atoms with Gasteiger partial charge in [-0.15, -0.1) is 0 Å². The smallest absolute Gasteiger partial charge is 0.323 e. The zero-order valence-corrected chi connectivity index (χ0v) is 19.5. The van der Waals surface area contributed by atoms with E-state index >= 15 is 0 Å². The summed E-state index contributed by atoms with van der Waals surface area (Å²) in [5.74, 6) is 0.0362. The molecule has 3 aromatic rings. The van der Waals surface area contributed by atoms with Gasteiger partial charge in [0.2, 0.25) is 0 Å². The number of nitrogens with zero attached hydrogens (tertiary/aromatic N) is 2. The summed E-state index contributed by atoms with van der Waals surface area (Å²) >= 11 is 0. The predicted octanol–water partition coefficient (Wildman–Crippen LogP) is 5.44. The van der Waals surface area contributed by atoms with Crippen molar-refractivity contribution < 1.29 is 9.59 Å². The van der Waals surface area contributed by atoms with E-state index in [1.807, 2.05) is 54.3 Å². The van der Waals surface area contributed by atoms with Crippen molar-refractivity contribution in [3.8, 4) is 0 Å². The maximum absolute atomic E-state index is 13.5. The highest BCUT2D eigenvalue weighted by atomic mass is 16.2. The topological polar surface area (TPSA) is 64.7 Å². The number of carbonyl (C=O) groups excluding carboxylic acids is 2. The molecular weight excluding hydrogens is 424 g/mol. The van der Waals surface area contributed by atoms with Crippen LogP contribution in [0.15, 0.2) is 66.7 Å². The number of amides is 3. The molecule has 0 bridgehead atoms. The van der Waals surface area contributed by atoms with Gasteiger partial charge >= 0.3 is 6.03 Å². The molecule has 2 aliphatic rings. The second-order valence-electron chi connectivity index (χ2n) is 9.12. The van der Waals surface area contributed by atoms with Crippen LogP contribution in [0, 0.1) is 6.92 Å². The summed E-state index contributed by atoms with van der Waals surface area (Å²) in [7, 11) is 0. The molecule has 0 spiro atoms. The Labute approximate surface area is 200 Å². The molecule has 0 radical (unpaired) electrons. The number of likely N-dealkylation sites (tertiary alicyclic amines) is 1. The minimum Gasteiger partial charge on any atom is -0.366 e. The lowest BCUT2D eigenvalue weighted by molar-refractivity contribution is 0.0793. The van der Waals surface area contributed by atoms with Gasteiger partial charge in [0.15, 0.2) is 0 Å². The third-order valence-corrected chi connectivity index (χ3v) is 6.63. The minimum atomic E-state index is -0.329. The molecule has 3 amide bonds. The molecule has 34 heavy (non-hydrogen) atoms. The van der Waals surface area contributed by atoms with Crippen molar-refractivity contribution in [2.45, 2.75) is 32.7 Å². The van der Waals surface area contributed by atoms with Gasteiger partial charge in [-0.05, 0) is 73.2 Å².